The number of carbonyl (C=O) groups is 2. The smallest absolute Gasteiger partial charge is 0.335 e. The van der Waals surface area contributed by atoms with Crippen molar-refractivity contribution in [2.75, 3.05) is 5.32 Å². The average molecular weight is 378 g/mol. The predicted molar refractivity (Wildman–Crippen MR) is 97.1 cm³/mol. The van der Waals surface area contributed by atoms with Crippen molar-refractivity contribution in [2.45, 2.75) is 13.8 Å². The van der Waals surface area contributed by atoms with Crippen LogP contribution < -0.4 is 5.32 Å². The summed E-state index contributed by atoms with van der Waals surface area (Å²) in [4.78, 5) is 24.0. The fourth-order valence-electron chi connectivity index (χ4n) is 2.55. The summed E-state index contributed by atoms with van der Waals surface area (Å²) in [7, 11) is 0. The van der Waals surface area contributed by atoms with Crippen LogP contribution in [0.4, 0.5) is 5.69 Å². The third-order valence-corrected chi connectivity index (χ3v) is 4.59. The molecule has 128 valence electrons. The van der Waals surface area contributed by atoms with Gasteiger partial charge in [0, 0.05) is 5.39 Å². The van der Waals surface area contributed by atoms with E-state index in [-0.39, 0.29) is 26.9 Å². The van der Waals surface area contributed by atoms with Crippen LogP contribution in [0.1, 0.15) is 32.0 Å². The molecule has 0 atom stereocenters. The Morgan fingerprint density at radius 3 is 2.36 bits per heavy atom. The Bertz CT molecular complexity index is 1000. The second-order valence-corrected chi connectivity index (χ2v) is 6.35. The maximum Gasteiger partial charge on any atom is 0.335 e. The molecular formula is C18H13Cl2NO4. The number of hydrogen-bond acceptors (Lipinski definition) is 3. The van der Waals surface area contributed by atoms with Crippen molar-refractivity contribution >= 4 is 51.7 Å². The van der Waals surface area contributed by atoms with Gasteiger partial charge in [0.25, 0.3) is 5.91 Å². The molecule has 0 saturated carbocycles. The van der Waals surface area contributed by atoms with Crippen molar-refractivity contribution in [3.8, 4) is 0 Å². The number of aryl methyl sites for hydroxylation is 2. The molecule has 0 bridgehead atoms. The molecule has 3 rings (SSSR count). The molecule has 25 heavy (non-hydrogen) atoms. The zero-order valence-electron chi connectivity index (χ0n) is 13.3. The molecule has 0 aliphatic carbocycles. The number of nitrogens with one attached hydrogen (secondary N) is 1. The lowest BCUT2D eigenvalue weighted by Gasteiger charge is -2.10. The Hall–Kier alpha value is -2.50. The number of rotatable bonds is 3. The zero-order valence-corrected chi connectivity index (χ0v) is 14.8. The first kappa shape index (κ1) is 17.3. The Morgan fingerprint density at radius 1 is 1.12 bits per heavy atom. The van der Waals surface area contributed by atoms with Gasteiger partial charge in [0.15, 0.2) is 5.58 Å². The second-order valence-electron chi connectivity index (χ2n) is 5.54. The molecule has 2 N–H and O–H groups in total. The standard InChI is InChI=1S/C18H13Cl2NO4/c1-8-9(2)25-16-11(8)6-10(18(23)24)7-14(16)21-17(22)15-12(19)4-3-5-13(15)20/h3-7H,1-2H3,(H,21,22)(H,23,24). The molecule has 2 aromatic carbocycles. The van der Waals surface area contributed by atoms with E-state index in [9.17, 15) is 14.7 Å². The minimum atomic E-state index is -1.11. The SMILES string of the molecule is Cc1oc2c(NC(=O)c3c(Cl)cccc3Cl)cc(C(=O)O)cc2c1C. The Kier molecular flexibility index (Phi) is 4.45. The topological polar surface area (TPSA) is 79.5 Å². The van der Waals surface area contributed by atoms with Crippen molar-refractivity contribution < 1.29 is 19.1 Å². The molecule has 0 saturated heterocycles. The Morgan fingerprint density at radius 2 is 1.76 bits per heavy atom. The van der Waals surface area contributed by atoms with Crippen LogP contribution in [0, 0.1) is 13.8 Å². The largest absolute Gasteiger partial charge is 0.478 e. The van der Waals surface area contributed by atoms with Gasteiger partial charge in [-0.25, -0.2) is 4.79 Å². The van der Waals surface area contributed by atoms with Gasteiger partial charge in [-0.05, 0) is 43.7 Å². The van der Waals surface area contributed by atoms with Gasteiger partial charge in [-0.15, -0.1) is 0 Å². The molecule has 0 radical (unpaired) electrons. The molecular weight excluding hydrogens is 365 g/mol. The highest BCUT2D eigenvalue weighted by Gasteiger charge is 2.20. The lowest BCUT2D eigenvalue weighted by Crippen LogP contribution is -2.14. The van der Waals surface area contributed by atoms with E-state index < -0.39 is 11.9 Å². The third kappa shape index (κ3) is 3.08. The molecule has 5 nitrogen and oxygen atoms in total. The van der Waals surface area contributed by atoms with Crippen molar-refractivity contribution in [1.29, 1.82) is 0 Å². The molecule has 1 aromatic heterocycles. The van der Waals surface area contributed by atoms with E-state index in [1.807, 2.05) is 6.92 Å². The second kappa shape index (κ2) is 6.43. The van der Waals surface area contributed by atoms with Crippen molar-refractivity contribution in [3.63, 3.8) is 0 Å². The lowest BCUT2D eigenvalue weighted by molar-refractivity contribution is 0.0696. The van der Waals surface area contributed by atoms with Crippen LogP contribution in [0.25, 0.3) is 11.0 Å². The highest BCUT2D eigenvalue weighted by molar-refractivity contribution is 6.40. The summed E-state index contributed by atoms with van der Waals surface area (Å²) < 4.78 is 5.69. The fraction of sp³-hybridized carbons (Fsp3) is 0.111. The third-order valence-electron chi connectivity index (χ3n) is 3.96. The summed E-state index contributed by atoms with van der Waals surface area (Å²) in [6.07, 6.45) is 0. The van der Waals surface area contributed by atoms with Gasteiger partial charge in [0.2, 0.25) is 0 Å². The normalized spacial score (nSPS) is 10.9. The van der Waals surface area contributed by atoms with Crippen LogP contribution in [0.15, 0.2) is 34.7 Å². The quantitative estimate of drug-likeness (QED) is 0.648. The lowest BCUT2D eigenvalue weighted by atomic mass is 10.1. The number of furan rings is 1. The van der Waals surface area contributed by atoms with E-state index in [1.165, 1.54) is 12.1 Å². The number of aromatic carboxylic acids is 1. The molecule has 0 unspecified atom stereocenters. The molecule has 0 aliphatic heterocycles. The van der Waals surface area contributed by atoms with E-state index >= 15 is 0 Å². The van der Waals surface area contributed by atoms with Crippen molar-refractivity contribution in [2.24, 2.45) is 0 Å². The molecule has 0 spiro atoms. The monoisotopic (exact) mass is 377 g/mol. The molecule has 7 heteroatoms. The van der Waals surface area contributed by atoms with Crippen LogP contribution in [0.3, 0.4) is 0 Å². The Balaban J connectivity index is 2.13. The molecule has 0 aliphatic rings. The van der Waals surface area contributed by atoms with E-state index in [0.29, 0.717) is 16.7 Å². The number of anilines is 1. The highest BCUT2D eigenvalue weighted by atomic mass is 35.5. The number of hydrogen-bond donors (Lipinski definition) is 2. The summed E-state index contributed by atoms with van der Waals surface area (Å²) >= 11 is 12.1. The zero-order chi connectivity index (χ0) is 18.3. The summed E-state index contributed by atoms with van der Waals surface area (Å²) in [6, 6.07) is 7.58. The Labute approximate surface area is 153 Å². The first-order valence-electron chi connectivity index (χ1n) is 7.32. The first-order valence-corrected chi connectivity index (χ1v) is 8.07. The van der Waals surface area contributed by atoms with Gasteiger partial charge in [0.1, 0.15) is 5.76 Å². The van der Waals surface area contributed by atoms with Gasteiger partial charge < -0.3 is 14.8 Å². The van der Waals surface area contributed by atoms with Crippen molar-refractivity contribution in [1.82, 2.24) is 0 Å². The molecule has 1 amide bonds. The van der Waals surface area contributed by atoms with Crippen LogP contribution in [0.2, 0.25) is 10.0 Å². The molecule has 1 heterocycles. The van der Waals surface area contributed by atoms with Gasteiger partial charge in [-0.1, -0.05) is 29.3 Å². The van der Waals surface area contributed by atoms with E-state index in [0.717, 1.165) is 5.56 Å². The van der Waals surface area contributed by atoms with Crippen LogP contribution in [-0.4, -0.2) is 17.0 Å². The van der Waals surface area contributed by atoms with E-state index in [2.05, 4.69) is 5.32 Å². The number of benzene rings is 2. The number of carbonyl (C=O) groups excluding carboxylic acids is 1. The van der Waals surface area contributed by atoms with Gasteiger partial charge >= 0.3 is 5.97 Å². The highest BCUT2D eigenvalue weighted by Crippen LogP contribution is 2.33. The van der Waals surface area contributed by atoms with E-state index in [4.69, 9.17) is 27.6 Å². The average Bonchev–Trinajstić information content (AvgIpc) is 2.83. The summed E-state index contributed by atoms with van der Waals surface area (Å²) in [6.45, 7) is 3.59. The minimum Gasteiger partial charge on any atom is -0.478 e. The van der Waals surface area contributed by atoms with Gasteiger partial charge in [0.05, 0.1) is 26.9 Å². The summed E-state index contributed by atoms with van der Waals surface area (Å²) in [5, 5.41) is 13.0. The van der Waals surface area contributed by atoms with Gasteiger partial charge in [-0.3, -0.25) is 4.79 Å². The number of halogens is 2. The van der Waals surface area contributed by atoms with Gasteiger partial charge in [-0.2, -0.15) is 0 Å². The predicted octanol–water partition coefficient (Wildman–Crippen LogP) is 5.31. The number of fused-ring (bicyclic) bond motifs is 1. The van der Waals surface area contributed by atoms with Crippen molar-refractivity contribution in [3.05, 3.63) is 62.8 Å². The first-order chi connectivity index (χ1) is 11.8. The fourth-order valence-corrected chi connectivity index (χ4v) is 3.12. The summed E-state index contributed by atoms with van der Waals surface area (Å²) in [5.74, 6) is -1.01. The van der Waals surface area contributed by atoms with Crippen LogP contribution in [0.5, 0.6) is 0 Å². The van der Waals surface area contributed by atoms with Crippen LogP contribution >= 0.6 is 23.2 Å². The molecule has 3 aromatic rings. The maximum absolute atomic E-state index is 12.6. The van der Waals surface area contributed by atoms with E-state index in [1.54, 1.807) is 25.1 Å². The summed E-state index contributed by atoms with van der Waals surface area (Å²) in [5.41, 5.74) is 1.60. The molecule has 0 fully saturated rings. The number of carboxylic acids is 1. The number of carboxylic acid groups (broad SMARTS) is 1. The minimum absolute atomic E-state index is 0.0388. The van der Waals surface area contributed by atoms with Crippen LogP contribution in [-0.2, 0) is 0 Å². The maximum atomic E-state index is 12.6. The number of amides is 1.